The normalized spacial score (nSPS) is 0. The van der Waals surface area contributed by atoms with Gasteiger partial charge in [-0.1, -0.05) is 0 Å². The fourth-order valence-corrected chi connectivity index (χ4v) is 0. The van der Waals surface area contributed by atoms with Crippen molar-refractivity contribution in [2.24, 2.45) is 0 Å². The Balaban J connectivity index is 0. The van der Waals surface area contributed by atoms with Crippen LogP contribution in [0.2, 0.25) is 0 Å². The molecular formula is AuCrMoNiW. The van der Waals surface area contributed by atoms with Crippen molar-refractivity contribution in [1.82, 2.24) is 0 Å². The van der Waals surface area contributed by atoms with E-state index in [-0.39, 0.29) is 98.4 Å². The minimum Gasteiger partial charge on any atom is 0 e. The Morgan fingerprint density at radius 1 is 1.00 bits per heavy atom. The third-order valence-corrected chi connectivity index (χ3v) is 0. The first-order chi connectivity index (χ1) is 0. The topological polar surface area (TPSA) is 0 Å². The summed E-state index contributed by atoms with van der Waals surface area (Å²) in [5.41, 5.74) is 0. The van der Waals surface area contributed by atoms with E-state index in [1.165, 1.54) is 0 Å². The zero-order valence-electron chi connectivity index (χ0n) is 1.84. The molecule has 0 aromatic heterocycles. The standard InChI is InChI=1S/Au.Cr.Mo.Ni.W. The molecule has 5 heteroatoms. The summed E-state index contributed by atoms with van der Waals surface area (Å²) in [6.07, 6.45) is 0. The zero-order valence-corrected chi connectivity index (χ0v) is 11.2. The summed E-state index contributed by atoms with van der Waals surface area (Å²) in [6.45, 7) is 0. The fraction of sp³-hybridized carbons (Fsp3) is 0. The molecule has 5 heavy (non-hydrogen) atoms. The summed E-state index contributed by atoms with van der Waals surface area (Å²) >= 11 is 0. The molecule has 0 nitrogen and oxygen atoms in total. The van der Waals surface area contributed by atoms with E-state index in [2.05, 4.69) is 0 Å². The maximum absolute atomic E-state index is 0. The van der Waals surface area contributed by atoms with Crippen molar-refractivity contribution in [2.75, 3.05) is 0 Å². The molecule has 0 saturated heterocycles. The van der Waals surface area contributed by atoms with Gasteiger partial charge in [0.25, 0.3) is 0 Å². The predicted molar refractivity (Wildman–Crippen MR) is 0 cm³/mol. The Morgan fingerprint density at radius 3 is 1.00 bits per heavy atom. The van der Waals surface area contributed by atoms with Crippen LogP contribution in [0.4, 0.5) is 0 Å². The second kappa shape index (κ2) is 27.3. The number of hydrogen-bond acceptors (Lipinski definition) is 0. The summed E-state index contributed by atoms with van der Waals surface area (Å²) in [5, 5.41) is 0. The van der Waals surface area contributed by atoms with E-state index < -0.39 is 0 Å². The van der Waals surface area contributed by atoms with Crippen molar-refractivity contribution in [3.63, 3.8) is 0 Å². The minimum atomic E-state index is 0. The van der Waals surface area contributed by atoms with E-state index in [9.17, 15) is 0 Å². The Kier molecular flexibility index (Phi) is 230. The second-order valence-electron chi connectivity index (χ2n) is 0. The van der Waals surface area contributed by atoms with Gasteiger partial charge in [-0.3, -0.25) is 0 Å². The van der Waals surface area contributed by atoms with E-state index in [1.54, 1.807) is 0 Å². The first-order valence-electron chi connectivity index (χ1n) is 0. The molecular weight excluding hydrogens is 587 g/mol. The van der Waals surface area contributed by atoms with Gasteiger partial charge in [0.1, 0.15) is 0 Å². The van der Waals surface area contributed by atoms with Crippen LogP contribution in [0.25, 0.3) is 0 Å². The van der Waals surface area contributed by atoms with Crippen LogP contribution >= 0.6 is 0 Å². The fourth-order valence-electron chi connectivity index (χ4n) is 0. The second-order valence-corrected chi connectivity index (χ2v) is 0. The van der Waals surface area contributed by atoms with Crippen molar-refractivity contribution in [1.29, 1.82) is 0 Å². The molecule has 0 amide bonds. The summed E-state index contributed by atoms with van der Waals surface area (Å²) in [6, 6.07) is 0. The van der Waals surface area contributed by atoms with Crippen molar-refractivity contribution >= 4 is 0 Å². The molecule has 0 N–H and O–H groups in total. The molecule has 0 aromatic rings. The zero-order chi connectivity index (χ0) is 0. The van der Waals surface area contributed by atoms with Gasteiger partial charge in [0.05, 0.1) is 0 Å². The molecule has 0 atom stereocenters. The van der Waals surface area contributed by atoms with Crippen LogP contribution < -0.4 is 0 Å². The molecule has 0 saturated carbocycles. The van der Waals surface area contributed by atoms with E-state index in [1.807, 2.05) is 0 Å². The molecule has 0 aliphatic carbocycles. The smallest absolute Gasteiger partial charge is 0 e. The van der Waals surface area contributed by atoms with Crippen molar-refractivity contribution in [2.45, 2.75) is 0 Å². The predicted octanol–water partition coefficient (Wildman–Crippen LogP) is -0.0125. The third-order valence-electron chi connectivity index (χ3n) is 0. The van der Waals surface area contributed by atoms with Gasteiger partial charge in [0.15, 0.2) is 0 Å². The number of rotatable bonds is 0. The van der Waals surface area contributed by atoms with Gasteiger partial charge in [-0.2, -0.15) is 0 Å². The molecule has 0 spiro atoms. The summed E-state index contributed by atoms with van der Waals surface area (Å²) in [7, 11) is 0. The summed E-state index contributed by atoms with van der Waals surface area (Å²) in [4.78, 5) is 0. The van der Waals surface area contributed by atoms with Gasteiger partial charge in [0.2, 0.25) is 0 Å². The van der Waals surface area contributed by atoms with Crippen LogP contribution in [-0.2, 0) is 98.4 Å². The Hall–Kier alpha value is 3.14. The first-order valence-corrected chi connectivity index (χ1v) is 0. The van der Waals surface area contributed by atoms with Crippen LogP contribution in [0.3, 0.4) is 0 Å². The molecule has 0 aliphatic rings. The van der Waals surface area contributed by atoms with Gasteiger partial charge < -0.3 is 0 Å². The van der Waals surface area contributed by atoms with Gasteiger partial charge in [-0.15, -0.1) is 0 Å². The Labute approximate surface area is 96.7 Å². The van der Waals surface area contributed by atoms with Gasteiger partial charge in [-0.25, -0.2) is 0 Å². The molecule has 0 aromatic carbocycles. The molecule has 1 radical (unpaired) electrons. The maximum Gasteiger partial charge on any atom is 0 e. The molecule has 0 aliphatic heterocycles. The monoisotopic (exact) mass is 589 g/mol. The van der Waals surface area contributed by atoms with Crippen LogP contribution in [0.1, 0.15) is 0 Å². The Morgan fingerprint density at radius 2 is 1.00 bits per heavy atom. The minimum absolute atomic E-state index is 0. The molecule has 0 rings (SSSR count). The van der Waals surface area contributed by atoms with E-state index in [4.69, 9.17) is 0 Å². The van der Waals surface area contributed by atoms with Crippen LogP contribution in [-0.4, -0.2) is 0 Å². The third kappa shape index (κ3) is 19.1. The van der Waals surface area contributed by atoms with Crippen LogP contribution in [0.5, 0.6) is 0 Å². The average molecular weight is 587 g/mol. The van der Waals surface area contributed by atoms with Gasteiger partial charge >= 0.3 is 0 Å². The number of hydrogen-bond donors (Lipinski definition) is 0. The van der Waals surface area contributed by atoms with Gasteiger partial charge in [-0.05, 0) is 0 Å². The molecule has 39 valence electrons. The van der Waals surface area contributed by atoms with Gasteiger partial charge in [0, 0.05) is 98.4 Å². The SMILES string of the molecule is [Au].[Cr].[Mo].[Ni].[W]. The van der Waals surface area contributed by atoms with Crippen molar-refractivity contribution in [3.8, 4) is 0 Å². The van der Waals surface area contributed by atoms with Crippen molar-refractivity contribution in [3.05, 3.63) is 0 Å². The Bertz CT molecular complexity index is 11.6. The molecule has 0 bridgehead atoms. The van der Waals surface area contributed by atoms with E-state index in [0.717, 1.165) is 0 Å². The molecule has 0 unspecified atom stereocenters. The largest absolute Gasteiger partial charge is 0 e. The maximum atomic E-state index is 0. The molecule has 0 heterocycles. The van der Waals surface area contributed by atoms with Crippen LogP contribution in [0, 0.1) is 0 Å². The summed E-state index contributed by atoms with van der Waals surface area (Å²) < 4.78 is 0. The molecule has 0 fully saturated rings. The average Bonchev–Trinajstić information content (AvgIpc) is 0. The first kappa shape index (κ1) is 42.1. The quantitative estimate of drug-likeness (QED) is 0.350. The van der Waals surface area contributed by atoms with E-state index >= 15 is 0 Å². The van der Waals surface area contributed by atoms with Crippen LogP contribution in [0.15, 0.2) is 0 Å². The van der Waals surface area contributed by atoms with Crippen molar-refractivity contribution < 1.29 is 98.4 Å². The summed E-state index contributed by atoms with van der Waals surface area (Å²) in [5.74, 6) is 0. The van der Waals surface area contributed by atoms with E-state index in [0.29, 0.717) is 0 Å².